The van der Waals surface area contributed by atoms with Gasteiger partial charge in [0, 0.05) is 12.8 Å². The van der Waals surface area contributed by atoms with E-state index in [1.807, 2.05) is 0 Å². The third-order valence-electron chi connectivity index (χ3n) is 4.40. The predicted molar refractivity (Wildman–Crippen MR) is 81.4 cm³/mol. The van der Waals surface area contributed by atoms with E-state index >= 15 is 0 Å². The summed E-state index contributed by atoms with van der Waals surface area (Å²) >= 11 is 0. The van der Waals surface area contributed by atoms with Gasteiger partial charge in [-0.05, 0) is 17.5 Å². The molecule has 2 rings (SSSR count). The van der Waals surface area contributed by atoms with Crippen molar-refractivity contribution in [1.29, 1.82) is 0 Å². The average Bonchev–Trinajstić information content (AvgIpc) is 2.74. The van der Waals surface area contributed by atoms with Crippen molar-refractivity contribution in [3.05, 3.63) is 35.4 Å². The lowest BCUT2D eigenvalue weighted by atomic mass is 9.92. The minimum absolute atomic E-state index is 0.451. The van der Waals surface area contributed by atoms with Crippen molar-refractivity contribution in [2.45, 2.75) is 76.7 Å². The standard InChI is InChI=1S/C18H28O/c1-2-3-4-5-6-7-10-13-18(19)14-16-11-8-9-12-17(16)15-18/h8-9,11-12,19H,2-7,10,13-15H2,1H3. The van der Waals surface area contributed by atoms with Crippen LogP contribution in [0.5, 0.6) is 0 Å². The first-order valence-electron chi connectivity index (χ1n) is 8.03. The van der Waals surface area contributed by atoms with E-state index in [0.717, 1.165) is 19.3 Å². The van der Waals surface area contributed by atoms with Crippen LogP contribution in [0.25, 0.3) is 0 Å². The summed E-state index contributed by atoms with van der Waals surface area (Å²) in [7, 11) is 0. The van der Waals surface area contributed by atoms with Crippen molar-refractivity contribution in [3.8, 4) is 0 Å². The Bertz CT molecular complexity index is 358. The molecule has 1 aliphatic carbocycles. The highest BCUT2D eigenvalue weighted by Gasteiger charge is 2.33. The second-order valence-electron chi connectivity index (χ2n) is 6.22. The van der Waals surface area contributed by atoms with Gasteiger partial charge in [-0.3, -0.25) is 0 Å². The minimum Gasteiger partial charge on any atom is -0.389 e. The van der Waals surface area contributed by atoms with Crippen LogP contribution in [0.1, 0.15) is 69.4 Å². The SMILES string of the molecule is CCCCCCCCCC1(O)Cc2ccccc2C1. The van der Waals surface area contributed by atoms with Crippen LogP contribution in [-0.4, -0.2) is 10.7 Å². The van der Waals surface area contributed by atoms with Crippen molar-refractivity contribution in [3.63, 3.8) is 0 Å². The molecule has 1 aliphatic rings. The molecule has 0 aromatic heterocycles. The third kappa shape index (κ3) is 4.35. The molecule has 1 aromatic carbocycles. The van der Waals surface area contributed by atoms with Gasteiger partial charge >= 0.3 is 0 Å². The van der Waals surface area contributed by atoms with Gasteiger partial charge in [0.15, 0.2) is 0 Å². The Hall–Kier alpha value is -0.820. The van der Waals surface area contributed by atoms with E-state index < -0.39 is 5.60 Å². The van der Waals surface area contributed by atoms with Gasteiger partial charge in [0.1, 0.15) is 0 Å². The van der Waals surface area contributed by atoms with Gasteiger partial charge in [-0.15, -0.1) is 0 Å². The number of fused-ring (bicyclic) bond motifs is 1. The van der Waals surface area contributed by atoms with Crippen LogP contribution in [0, 0.1) is 0 Å². The topological polar surface area (TPSA) is 20.2 Å². The Morgan fingerprint density at radius 1 is 0.895 bits per heavy atom. The van der Waals surface area contributed by atoms with Gasteiger partial charge in [-0.1, -0.05) is 76.1 Å². The van der Waals surface area contributed by atoms with Crippen LogP contribution in [0.15, 0.2) is 24.3 Å². The Morgan fingerprint density at radius 3 is 2.00 bits per heavy atom. The highest BCUT2D eigenvalue weighted by Crippen LogP contribution is 2.33. The first-order chi connectivity index (χ1) is 9.23. The van der Waals surface area contributed by atoms with E-state index in [2.05, 4.69) is 31.2 Å². The van der Waals surface area contributed by atoms with Crippen LogP contribution in [0.4, 0.5) is 0 Å². The van der Waals surface area contributed by atoms with Gasteiger partial charge in [0.25, 0.3) is 0 Å². The number of hydrogen-bond acceptors (Lipinski definition) is 1. The molecule has 1 nitrogen and oxygen atoms in total. The molecule has 1 heteroatoms. The summed E-state index contributed by atoms with van der Waals surface area (Å²) in [4.78, 5) is 0. The smallest absolute Gasteiger partial charge is 0.0728 e. The molecule has 0 spiro atoms. The molecule has 19 heavy (non-hydrogen) atoms. The molecule has 0 amide bonds. The molecule has 106 valence electrons. The van der Waals surface area contributed by atoms with E-state index in [9.17, 15) is 5.11 Å². The Balaban J connectivity index is 1.64. The van der Waals surface area contributed by atoms with Crippen LogP contribution < -0.4 is 0 Å². The van der Waals surface area contributed by atoms with Crippen molar-refractivity contribution in [1.82, 2.24) is 0 Å². The van der Waals surface area contributed by atoms with Crippen LogP contribution in [0.3, 0.4) is 0 Å². The maximum absolute atomic E-state index is 10.7. The fraction of sp³-hybridized carbons (Fsp3) is 0.667. The van der Waals surface area contributed by atoms with E-state index in [1.54, 1.807) is 0 Å². The van der Waals surface area contributed by atoms with Gasteiger partial charge < -0.3 is 5.11 Å². The fourth-order valence-corrected chi connectivity index (χ4v) is 3.26. The molecule has 0 saturated carbocycles. The first kappa shape index (κ1) is 14.6. The molecule has 0 saturated heterocycles. The first-order valence-corrected chi connectivity index (χ1v) is 8.03. The van der Waals surface area contributed by atoms with E-state index in [0.29, 0.717) is 0 Å². The number of unbranched alkanes of at least 4 members (excludes halogenated alkanes) is 6. The number of benzene rings is 1. The summed E-state index contributed by atoms with van der Waals surface area (Å²) < 4.78 is 0. The van der Waals surface area contributed by atoms with Gasteiger partial charge in [0.05, 0.1) is 5.60 Å². The number of aliphatic hydroxyl groups is 1. The summed E-state index contributed by atoms with van der Waals surface area (Å²) in [5.41, 5.74) is 2.26. The molecule has 0 fully saturated rings. The summed E-state index contributed by atoms with van der Waals surface area (Å²) in [5.74, 6) is 0. The van der Waals surface area contributed by atoms with Gasteiger partial charge in [0.2, 0.25) is 0 Å². The largest absolute Gasteiger partial charge is 0.389 e. The molecule has 0 atom stereocenters. The third-order valence-corrected chi connectivity index (χ3v) is 4.40. The highest BCUT2D eigenvalue weighted by atomic mass is 16.3. The number of rotatable bonds is 8. The molecule has 0 bridgehead atoms. The van der Waals surface area contributed by atoms with Crippen molar-refractivity contribution < 1.29 is 5.11 Å². The second-order valence-corrected chi connectivity index (χ2v) is 6.22. The van der Waals surface area contributed by atoms with Gasteiger partial charge in [-0.25, -0.2) is 0 Å². The second kappa shape index (κ2) is 7.09. The average molecular weight is 260 g/mol. The summed E-state index contributed by atoms with van der Waals surface area (Å²) in [6, 6.07) is 8.49. The lowest BCUT2D eigenvalue weighted by Crippen LogP contribution is -2.28. The summed E-state index contributed by atoms with van der Waals surface area (Å²) in [5, 5.41) is 10.7. The maximum atomic E-state index is 10.7. The fourth-order valence-electron chi connectivity index (χ4n) is 3.26. The maximum Gasteiger partial charge on any atom is 0.0728 e. The molecule has 0 radical (unpaired) electrons. The van der Waals surface area contributed by atoms with E-state index in [1.165, 1.54) is 56.1 Å². The number of hydrogen-bond donors (Lipinski definition) is 1. The van der Waals surface area contributed by atoms with Gasteiger partial charge in [-0.2, -0.15) is 0 Å². The Kier molecular flexibility index (Phi) is 5.45. The van der Waals surface area contributed by atoms with Crippen LogP contribution in [-0.2, 0) is 12.8 Å². The molecule has 1 aromatic rings. The summed E-state index contributed by atoms with van der Waals surface area (Å²) in [6.45, 7) is 2.26. The zero-order valence-corrected chi connectivity index (χ0v) is 12.3. The van der Waals surface area contributed by atoms with Crippen LogP contribution in [0.2, 0.25) is 0 Å². The molecular formula is C18H28O. The molecule has 0 heterocycles. The predicted octanol–water partition coefficient (Wildman–Crippen LogP) is 4.66. The van der Waals surface area contributed by atoms with Crippen molar-refractivity contribution >= 4 is 0 Å². The molecule has 0 aliphatic heterocycles. The lowest BCUT2D eigenvalue weighted by Gasteiger charge is -2.22. The zero-order chi connectivity index (χ0) is 13.6. The minimum atomic E-state index is -0.451. The normalized spacial score (nSPS) is 16.5. The monoisotopic (exact) mass is 260 g/mol. The Morgan fingerprint density at radius 2 is 1.42 bits per heavy atom. The zero-order valence-electron chi connectivity index (χ0n) is 12.3. The quantitative estimate of drug-likeness (QED) is 0.674. The van der Waals surface area contributed by atoms with Crippen molar-refractivity contribution in [2.24, 2.45) is 0 Å². The molecule has 0 unspecified atom stereocenters. The van der Waals surface area contributed by atoms with E-state index in [-0.39, 0.29) is 0 Å². The van der Waals surface area contributed by atoms with Crippen LogP contribution >= 0.6 is 0 Å². The lowest BCUT2D eigenvalue weighted by molar-refractivity contribution is 0.0396. The highest BCUT2D eigenvalue weighted by molar-refractivity contribution is 5.35. The molecular weight excluding hydrogens is 232 g/mol. The van der Waals surface area contributed by atoms with E-state index in [4.69, 9.17) is 0 Å². The Labute approximate surface area is 118 Å². The molecule has 1 N–H and O–H groups in total. The van der Waals surface area contributed by atoms with Crippen molar-refractivity contribution in [2.75, 3.05) is 0 Å². The summed E-state index contributed by atoms with van der Waals surface area (Å²) in [6.07, 6.45) is 11.9.